The van der Waals surface area contributed by atoms with Crippen molar-refractivity contribution in [2.45, 2.75) is 40.4 Å². The summed E-state index contributed by atoms with van der Waals surface area (Å²) in [6, 6.07) is 7.90. The first-order chi connectivity index (χ1) is 12.2. The van der Waals surface area contributed by atoms with Crippen LogP contribution in [-0.4, -0.2) is 17.4 Å². The molecule has 0 fully saturated rings. The fourth-order valence-corrected chi connectivity index (χ4v) is 4.74. The zero-order valence-electron chi connectivity index (χ0n) is 15.8. The number of halogens is 1. The van der Waals surface area contributed by atoms with Crippen LogP contribution in [0.2, 0.25) is 0 Å². The van der Waals surface area contributed by atoms with Crippen LogP contribution in [0.3, 0.4) is 0 Å². The van der Waals surface area contributed by atoms with Crippen LogP contribution in [0.25, 0.3) is 0 Å². The zero-order valence-corrected chi connectivity index (χ0v) is 18.2. The second-order valence-electron chi connectivity index (χ2n) is 6.57. The van der Waals surface area contributed by atoms with E-state index < -0.39 is 0 Å². The van der Waals surface area contributed by atoms with E-state index in [9.17, 15) is 9.59 Å². The van der Waals surface area contributed by atoms with E-state index >= 15 is 0 Å². The van der Waals surface area contributed by atoms with Gasteiger partial charge in [0.05, 0.1) is 11.4 Å². The third-order valence-electron chi connectivity index (χ3n) is 4.36. The van der Waals surface area contributed by atoms with Gasteiger partial charge in [-0.15, -0.1) is 11.8 Å². The number of carbonyl (C=O) groups excluding carboxylic acids is 2. The molecule has 2 aromatic carbocycles. The second kappa shape index (κ2) is 8.87. The van der Waals surface area contributed by atoms with E-state index in [1.807, 2.05) is 39.0 Å². The van der Waals surface area contributed by atoms with Gasteiger partial charge >= 0.3 is 0 Å². The van der Waals surface area contributed by atoms with Crippen LogP contribution < -0.4 is 5.32 Å². The number of anilines is 1. The normalized spacial score (nSPS) is 10.7. The Labute approximate surface area is 168 Å². The number of carbonyl (C=O) groups is 2. The van der Waals surface area contributed by atoms with E-state index in [0.29, 0.717) is 11.5 Å². The summed E-state index contributed by atoms with van der Waals surface area (Å²) in [6.07, 6.45) is 0. The molecule has 0 atom stereocenters. The van der Waals surface area contributed by atoms with Crippen LogP contribution in [-0.2, 0) is 10.5 Å². The van der Waals surface area contributed by atoms with Crippen molar-refractivity contribution in [1.29, 1.82) is 0 Å². The predicted octanol–water partition coefficient (Wildman–Crippen LogP) is 5.76. The summed E-state index contributed by atoms with van der Waals surface area (Å²) < 4.78 is 0.882. The molecule has 0 aromatic heterocycles. The van der Waals surface area contributed by atoms with Gasteiger partial charge in [-0.2, -0.15) is 0 Å². The largest absolute Gasteiger partial charge is 0.324 e. The Morgan fingerprint density at radius 2 is 1.77 bits per heavy atom. The molecule has 1 N–H and O–H groups in total. The Kier molecular flexibility index (Phi) is 7.07. The van der Waals surface area contributed by atoms with Gasteiger partial charge in [-0.3, -0.25) is 9.59 Å². The Balaban J connectivity index is 2.02. The first-order valence-electron chi connectivity index (χ1n) is 8.45. The minimum absolute atomic E-state index is 0.0336. The van der Waals surface area contributed by atoms with Crippen molar-refractivity contribution in [3.05, 3.63) is 62.1 Å². The highest BCUT2D eigenvalue weighted by atomic mass is 79.9. The molecule has 0 heterocycles. The molecule has 2 aromatic rings. The van der Waals surface area contributed by atoms with Crippen LogP contribution in [0.5, 0.6) is 0 Å². The summed E-state index contributed by atoms with van der Waals surface area (Å²) in [7, 11) is 0. The van der Waals surface area contributed by atoms with Crippen LogP contribution in [0.15, 0.2) is 28.7 Å². The number of amides is 1. The van der Waals surface area contributed by atoms with E-state index in [1.165, 1.54) is 5.56 Å². The number of aryl methyl sites for hydroxylation is 3. The molecular weight excluding hydrogens is 410 g/mol. The highest BCUT2D eigenvalue weighted by Gasteiger charge is 2.15. The monoisotopic (exact) mass is 433 g/mol. The van der Waals surface area contributed by atoms with Gasteiger partial charge in [-0.1, -0.05) is 12.1 Å². The molecule has 0 bridgehead atoms. The average Bonchev–Trinajstić information content (AvgIpc) is 2.52. The summed E-state index contributed by atoms with van der Waals surface area (Å²) in [6.45, 7) is 9.64. The molecule has 0 aliphatic rings. The maximum Gasteiger partial charge on any atom is 0.234 e. The molecule has 0 saturated carbocycles. The summed E-state index contributed by atoms with van der Waals surface area (Å²) >= 11 is 5.03. The number of rotatable bonds is 6. The molecule has 2 rings (SSSR count). The molecule has 0 radical (unpaired) electrons. The Bertz CT molecular complexity index is 862. The number of hydrogen-bond acceptors (Lipinski definition) is 3. The first-order valence-corrected chi connectivity index (χ1v) is 10.4. The second-order valence-corrected chi connectivity index (χ2v) is 8.41. The van der Waals surface area contributed by atoms with Gasteiger partial charge in [0.25, 0.3) is 0 Å². The minimum Gasteiger partial charge on any atom is -0.324 e. The number of ketones is 1. The fraction of sp³-hybridized carbons (Fsp3) is 0.333. The van der Waals surface area contributed by atoms with Gasteiger partial charge in [-0.25, -0.2) is 0 Å². The van der Waals surface area contributed by atoms with Crippen molar-refractivity contribution in [2.24, 2.45) is 0 Å². The lowest BCUT2D eigenvalue weighted by molar-refractivity contribution is -0.113. The van der Waals surface area contributed by atoms with Crippen molar-refractivity contribution in [3.63, 3.8) is 0 Å². The fourth-order valence-electron chi connectivity index (χ4n) is 3.14. The van der Waals surface area contributed by atoms with Gasteiger partial charge in [-0.05, 0) is 90.5 Å². The number of Topliss-reactive ketones (excluding diaryl/α,β-unsaturated/α-hetero) is 1. The van der Waals surface area contributed by atoms with E-state index in [2.05, 4.69) is 34.2 Å². The highest BCUT2D eigenvalue weighted by Crippen LogP contribution is 2.27. The van der Waals surface area contributed by atoms with Gasteiger partial charge in [0.2, 0.25) is 5.91 Å². The standard InChI is InChI=1S/C21H24BrNO2S/c1-12-6-7-19(18(22)8-12)23-20(25)11-26-10-17-13(2)9-14(3)21(15(17)4)16(5)24/h6-9H,10-11H2,1-5H3,(H,23,25). The maximum absolute atomic E-state index is 12.2. The van der Waals surface area contributed by atoms with E-state index in [-0.39, 0.29) is 11.7 Å². The van der Waals surface area contributed by atoms with Crippen molar-refractivity contribution >= 4 is 45.1 Å². The molecule has 138 valence electrons. The van der Waals surface area contributed by atoms with Crippen LogP contribution in [0, 0.1) is 27.7 Å². The predicted molar refractivity (Wildman–Crippen MR) is 114 cm³/mol. The van der Waals surface area contributed by atoms with Crippen LogP contribution in [0.4, 0.5) is 5.69 Å². The third kappa shape index (κ3) is 4.98. The Morgan fingerprint density at radius 3 is 2.38 bits per heavy atom. The average molecular weight is 434 g/mol. The smallest absolute Gasteiger partial charge is 0.234 e. The maximum atomic E-state index is 12.2. The van der Waals surface area contributed by atoms with Crippen molar-refractivity contribution in [2.75, 3.05) is 11.1 Å². The van der Waals surface area contributed by atoms with Gasteiger partial charge < -0.3 is 5.32 Å². The summed E-state index contributed by atoms with van der Waals surface area (Å²) in [5.41, 5.74) is 7.08. The van der Waals surface area contributed by atoms with Gasteiger partial charge in [0.15, 0.2) is 5.78 Å². The number of nitrogens with one attached hydrogen (secondary N) is 1. The number of thioether (sulfide) groups is 1. The van der Waals surface area contributed by atoms with Crippen LogP contribution in [0.1, 0.15) is 45.1 Å². The van der Waals surface area contributed by atoms with E-state index in [0.717, 1.165) is 38.0 Å². The first kappa shape index (κ1) is 20.7. The molecule has 1 amide bonds. The third-order valence-corrected chi connectivity index (χ3v) is 5.98. The molecule has 0 spiro atoms. The van der Waals surface area contributed by atoms with Crippen molar-refractivity contribution in [1.82, 2.24) is 0 Å². The topological polar surface area (TPSA) is 46.2 Å². The number of hydrogen-bond donors (Lipinski definition) is 1. The number of benzene rings is 2. The Morgan fingerprint density at radius 1 is 1.08 bits per heavy atom. The SMILES string of the molecule is CC(=O)c1c(C)cc(C)c(CSCC(=O)Nc2ccc(C)cc2Br)c1C. The van der Waals surface area contributed by atoms with Crippen LogP contribution >= 0.6 is 27.7 Å². The molecule has 0 aliphatic heterocycles. The molecular formula is C21H24BrNO2S. The van der Waals surface area contributed by atoms with E-state index in [1.54, 1.807) is 18.7 Å². The lowest BCUT2D eigenvalue weighted by Gasteiger charge is -2.15. The molecule has 26 heavy (non-hydrogen) atoms. The molecule has 0 saturated heterocycles. The quantitative estimate of drug-likeness (QED) is 0.589. The minimum atomic E-state index is -0.0336. The zero-order chi connectivity index (χ0) is 19.4. The van der Waals surface area contributed by atoms with Crippen molar-refractivity contribution in [3.8, 4) is 0 Å². The Hall–Kier alpha value is -1.59. The summed E-state index contributed by atoms with van der Waals surface area (Å²) in [5, 5.41) is 2.93. The molecule has 0 unspecified atom stereocenters. The summed E-state index contributed by atoms with van der Waals surface area (Å²) in [4.78, 5) is 24.1. The van der Waals surface area contributed by atoms with Gasteiger partial charge in [0, 0.05) is 15.8 Å². The van der Waals surface area contributed by atoms with E-state index in [4.69, 9.17) is 0 Å². The van der Waals surface area contributed by atoms with Crippen molar-refractivity contribution < 1.29 is 9.59 Å². The lowest BCUT2D eigenvalue weighted by atomic mass is 9.92. The lowest BCUT2D eigenvalue weighted by Crippen LogP contribution is -2.15. The van der Waals surface area contributed by atoms with Gasteiger partial charge in [0.1, 0.15) is 0 Å². The molecule has 0 aliphatic carbocycles. The summed E-state index contributed by atoms with van der Waals surface area (Å²) in [5.74, 6) is 1.13. The molecule has 3 nitrogen and oxygen atoms in total. The highest BCUT2D eigenvalue weighted by molar-refractivity contribution is 9.10. The molecule has 5 heteroatoms.